The van der Waals surface area contributed by atoms with Gasteiger partial charge in [0.2, 0.25) is 0 Å². The van der Waals surface area contributed by atoms with Crippen LogP contribution in [0.5, 0.6) is 0 Å². The van der Waals surface area contributed by atoms with Crippen LogP contribution in [-0.4, -0.2) is 29.2 Å². The number of hydrogen-bond donors (Lipinski definition) is 1. The Morgan fingerprint density at radius 1 is 1.67 bits per heavy atom. The molecule has 0 aliphatic carbocycles. The Bertz CT molecular complexity index is 311. The molecular weight excluding hydrogens is 190 g/mol. The van der Waals surface area contributed by atoms with Crippen molar-refractivity contribution < 1.29 is 4.74 Å². The van der Waals surface area contributed by atoms with Crippen molar-refractivity contribution >= 4 is 0 Å². The van der Waals surface area contributed by atoms with Crippen LogP contribution in [0.3, 0.4) is 0 Å². The molecule has 2 rings (SSSR count). The lowest BCUT2D eigenvalue weighted by Crippen LogP contribution is -2.34. The topological polar surface area (TPSA) is 39.1 Å². The van der Waals surface area contributed by atoms with Gasteiger partial charge in [0.25, 0.3) is 0 Å². The SMILES string of the molecule is CCn1cncc1C1CC(NC)CCO1. The van der Waals surface area contributed by atoms with Crippen LogP contribution in [0.2, 0.25) is 0 Å². The predicted octanol–water partition coefficient (Wildman–Crippen LogP) is 1.34. The van der Waals surface area contributed by atoms with Gasteiger partial charge in [0.15, 0.2) is 0 Å². The lowest BCUT2D eigenvalue weighted by Gasteiger charge is -2.29. The number of nitrogens with one attached hydrogen (secondary N) is 1. The van der Waals surface area contributed by atoms with Gasteiger partial charge in [0, 0.05) is 19.2 Å². The van der Waals surface area contributed by atoms with E-state index >= 15 is 0 Å². The van der Waals surface area contributed by atoms with Crippen molar-refractivity contribution in [2.24, 2.45) is 0 Å². The van der Waals surface area contributed by atoms with E-state index in [1.54, 1.807) is 0 Å². The summed E-state index contributed by atoms with van der Waals surface area (Å²) < 4.78 is 7.95. The molecule has 0 amide bonds. The second-order valence-corrected chi connectivity index (χ2v) is 3.97. The molecule has 2 heterocycles. The van der Waals surface area contributed by atoms with E-state index in [4.69, 9.17) is 4.74 Å². The van der Waals surface area contributed by atoms with Gasteiger partial charge in [0.1, 0.15) is 6.10 Å². The lowest BCUT2D eigenvalue weighted by molar-refractivity contribution is -0.00287. The Hall–Kier alpha value is -0.870. The van der Waals surface area contributed by atoms with Gasteiger partial charge in [-0.1, -0.05) is 0 Å². The molecule has 15 heavy (non-hydrogen) atoms. The zero-order chi connectivity index (χ0) is 10.7. The summed E-state index contributed by atoms with van der Waals surface area (Å²) in [7, 11) is 2.02. The minimum Gasteiger partial charge on any atom is -0.372 e. The predicted molar refractivity (Wildman–Crippen MR) is 58.7 cm³/mol. The van der Waals surface area contributed by atoms with Crippen molar-refractivity contribution in [1.29, 1.82) is 0 Å². The second kappa shape index (κ2) is 4.77. The summed E-state index contributed by atoms with van der Waals surface area (Å²) in [5.41, 5.74) is 1.21. The first-order valence-electron chi connectivity index (χ1n) is 5.64. The van der Waals surface area contributed by atoms with Gasteiger partial charge in [-0.05, 0) is 26.8 Å². The van der Waals surface area contributed by atoms with Crippen LogP contribution in [0.1, 0.15) is 31.6 Å². The summed E-state index contributed by atoms with van der Waals surface area (Å²) in [6, 6.07) is 0.573. The van der Waals surface area contributed by atoms with Crippen LogP contribution in [0.15, 0.2) is 12.5 Å². The number of nitrogens with zero attached hydrogens (tertiary/aromatic N) is 2. The number of rotatable bonds is 3. The molecule has 1 saturated heterocycles. The minimum atomic E-state index is 0.207. The molecule has 0 radical (unpaired) electrons. The summed E-state index contributed by atoms with van der Waals surface area (Å²) in [5, 5.41) is 3.32. The third-order valence-electron chi connectivity index (χ3n) is 3.11. The smallest absolute Gasteiger partial charge is 0.100 e. The first-order valence-corrected chi connectivity index (χ1v) is 5.64. The van der Waals surface area contributed by atoms with E-state index < -0.39 is 0 Å². The molecule has 84 valence electrons. The molecule has 1 fully saturated rings. The molecule has 0 aromatic carbocycles. The third kappa shape index (κ3) is 2.21. The maximum atomic E-state index is 5.80. The highest BCUT2D eigenvalue weighted by atomic mass is 16.5. The Morgan fingerprint density at radius 3 is 3.27 bits per heavy atom. The molecule has 0 saturated carbocycles. The zero-order valence-electron chi connectivity index (χ0n) is 9.44. The quantitative estimate of drug-likeness (QED) is 0.816. The molecule has 1 aliphatic rings. The van der Waals surface area contributed by atoms with Crippen molar-refractivity contribution in [3.8, 4) is 0 Å². The zero-order valence-corrected chi connectivity index (χ0v) is 9.44. The molecule has 0 bridgehead atoms. The molecule has 1 aliphatic heterocycles. The summed E-state index contributed by atoms with van der Waals surface area (Å²) in [6.07, 6.45) is 6.15. The Labute approximate surface area is 90.6 Å². The largest absolute Gasteiger partial charge is 0.372 e. The average molecular weight is 209 g/mol. The highest BCUT2D eigenvalue weighted by Crippen LogP contribution is 2.27. The average Bonchev–Trinajstić information content (AvgIpc) is 2.77. The third-order valence-corrected chi connectivity index (χ3v) is 3.11. The standard InChI is InChI=1S/C11H19N3O/c1-3-14-8-13-7-10(14)11-6-9(12-2)4-5-15-11/h7-9,11-12H,3-6H2,1-2H3. The van der Waals surface area contributed by atoms with E-state index in [1.807, 2.05) is 19.6 Å². The fraction of sp³-hybridized carbons (Fsp3) is 0.727. The van der Waals surface area contributed by atoms with E-state index in [9.17, 15) is 0 Å². The summed E-state index contributed by atoms with van der Waals surface area (Å²) in [5.74, 6) is 0. The van der Waals surface area contributed by atoms with Crippen LogP contribution in [-0.2, 0) is 11.3 Å². The first-order chi connectivity index (χ1) is 7.35. The highest BCUT2D eigenvalue weighted by molar-refractivity contribution is 5.04. The number of aryl methyl sites for hydroxylation is 1. The molecule has 2 atom stereocenters. The molecule has 1 N–H and O–H groups in total. The van der Waals surface area contributed by atoms with Crippen LogP contribution in [0.25, 0.3) is 0 Å². The fourth-order valence-corrected chi connectivity index (χ4v) is 2.13. The van der Waals surface area contributed by atoms with Crippen LogP contribution >= 0.6 is 0 Å². The summed E-state index contributed by atoms with van der Waals surface area (Å²) in [4.78, 5) is 4.18. The van der Waals surface area contributed by atoms with Gasteiger partial charge < -0.3 is 14.6 Å². The lowest BCUT2D eigenvalue weighted by atomic mass is 10.0. The van der Waals surface area contributed by atoms with E-state index in [0.29, 0.717) is 6.04 Å². The minimum absolute atomic E-state index is 0.207. The molecule has 1 aromatic rings. The second-order valence-electron chi connectivity index (χ2n) is 3.97. The number of ether oxygens (including phenoxy) is 1. The van der Waals surface area contributed by atoms with Gasteiger partial charge in [0.05, 0.1) is 18.2 Å². The van der Waals surface area contributed by atoms with Crippen molar-refractivity contribution in [2.45, 2.75) is 38.5 Å². The monoisotopic (exact) mass is 209 g/mol. The van der Waals surface area contributed by atoms with Crippen LogP contribution in [0, 0.1) is 0 Å². The van der Waals surface area contributed by atoms with Crippen molar-refractivity contribution in [1.82, 2.24) is 14.9 Å². The van der Waals surface area contributed by atoms with Crippen LogP contribution in [0.4, 0.5) is 0 Å². The Morgan fingerprint density at radius 2 is 2.53 bits per heavy atom. The van der Waals surface area contributed by atoms with Crippen molar-refractivity contribution in [2.75, 3.05) is 13.7 Å². The molecule has 2 unspecified atom stereocenters. The van der Waals surface area contributed by atoms with Crippen molar-refractivity contribution in [3.63, 3.8) is 0 Å². The number of aromatic nitrogens is 2. The van der Waals surface area contributed by atoms with Crippen molar-refractivity contribution in [3.05, 3.63) is 18.2 Å². The van der Waals surface area contributed by atoms with Gasteiger partial charge in [-0.15, -0.1) is 0 Å². The van der Waals surface area contributed by atoms with Gasteiger partial charge in [-0.25, -0.2) is 4.98 Å². The maximum absolute atomic E-state index is 5.80. The first kappa shape index (κ1) is 10.6. The van der Waals surface area contributed by atoms with Gasteiger partial charge in [-0.3, -0.25) is 0 Å². The fourth-order valence-electron chi connectivity index (χ4n) is 2.13. The van der Waals surface area contributed by atoms with E-state index in [-0.39, 0.29) is 6.10 Å². The summed E-state index contributed by atoms with van der Waals surface area (Å²) in [6.45, 7) is 3.92. The Balaban J connectivity index is 2.09. The Kier molecular flexibility index (Phi) is 3.38. The number of hydrogen-bond acceptors (Lipinski definition) is 3. The molecule has 1 aromatic heterocycles. The molecule has 4 nitrogen and oxygen atoms in total. The highest BCUT2D eigenvalue weighted by Gasteiger charge is 2.24. The van der Waals surface area contributed by atoms with Crippen LogP contribution < -0.4 is 5.32 Å². The molecular formula is C11H19N3O. The summed E-state index contributed by atoms with van der Waals surface area (Å²) >= 11 is 0. The van der Waals surface area contributed by atoms with E-state index in [2.05, 4.69) is 21.8 Å². The van der Waals surface area contributed by atoms with E-state index in [0.717, 1.165) is 26.0 Å². The normalized spacial score (nSPS) is 26.8. The molecule has 4 heteroatoms. The molecule has 0 spiro atoms. The maximum Gasteiger partial charge on any atom is 0.100 e. The van der Waals surface area contributed by atoms with E-state index in [1.165, 1.54) is 5.69 Å². The number of imidazole rings is 1. The van der Waals surface area contributed by atoms with Gasteiger partial charge >= 0.3 is 0 Å². The van der Waals surface area contributed by atoms with Gasteiger partial charge in [-0.2, -0.15) is 0 Å².